The van der Waals surface area contributed by atoms with Crippen molar-refractivity contribution in [2.75, 3.05) is 0 Å². The van der Waals surface area contributed by atoms with Crippen molar-refractivity contribution in [3.8, 4) is 22.6 Å². The Labute approximate surface area is 229 Å². The summed E-state index contributed by atoms with van der Waals surface area (Å²) in [5.41, 5.74) is 6.99. The number of benzene rings is 3. The van der Waals surface area contributed by atoms with Gasteiger partial charge in [-0.25, -0.2) is 15.0 Å². The standard InChI is InChI=1S/C34H35N4O/c1-20-17-25-23-15-13-22(30-35-31(33(2,3)4)37-32(36-30)34(5,6)7)18-28(23)39-29(25)19-24(20)27-16-14-21-11-9-10-12-26(21)38(27)8/h9-19H,1-8H3/q+1. The summed E-state index contributed by atoms with van der Waals surface area (Å²) in [4.78, 5) is 14.6. The van der Waals surface area contributed by atoms with Gasteiger partial charge in [-0.05, 0) is 48.9 Å². The van der Waals surface area contributed by atoms with Crippen LogP contribution in [0.25, 0.3) is 55.5 Å². The molecule has 0 atom stereocenters. The zero-order chi connectivity index (χ0) is 27.7. The lowest BCUT2D eigenvalue weighted by Crippen LogP contribution is -2.32. The van der Waals surface area contributed by atoms with E-state index in [0.29, 0.717) is 5.82 Å². The van der Waals surface area contributed by atoms with Crippen LogP contribution < -0.4 is 4.57 Å². The quantitative estimate of drug-likeness (QED) is 0.219. The van der Waals surface area contributed by atoms with Crippen LogP contribution in [0.15, 0.2) is 71.1 Å². The number of hydrogen-bond acceptors (Lipinski definition) is 4. The van der Waals surface area contributed by atoms with Gasteiger partial charge in [0, 0.05) is 44.7 Å². The van der Waals surface area contributed by atoms with Gasteiger partial charge in [0.2, 0.25) is 11.2 Å². The summed E-state index contributed by atoms with van der Waals surface area (Å²) in [5, 5.41) is 3.43. The molecule has 5 nitrogen and oxygen atoms in total. The summed E-state index contributed by atoms with van der Waals surface area (Å²) >= 11 is 0. The van der Waals surface area contributed by atoms with E-state index in [1.54, 1.807) is 0 Å². The first kappa shape index (κ1) is 25.2. The highest BCUT2D eigenvalue weighted by molar-refractivity contribution is 6.07. The van der Waals surface area contributed by atoms with E-state index in [-0.39, 0.29) is 10.8 Å². The molecule has 0 spiro atoms. The first-order valence-corrected chi connectivity index (χ1v) is 13.5. The van der Waals surface area contributed by atoms with Crippen LogP contribution in [0.2, 0.25) is 0 Å². The van der Waals surface area contributed by atoms with Crippen molar-refractivity contribution in [2.45, 2.75) is 59.3 Å². The van der Waals surface area contributed by atoms with Crippen molar-refractivity contribution in [2.24, 2.45) is 7.05 Å². The van der Waals surface area contributed by atoms with Crippen LogP contribution in [-0.4, -0.2) is 15.0 Å². The molecule has 3 heterocycles. The minimum absolute atomic E-state index is 0.187. The van der Waals surface area contributed by atoms with E-state index in [2.05, 4.69) is 127 Å². The van der Waals surface area contributed by atoms with Crippen LogP contribution >= 0.6 is 0 Å². The third-order valence-electron chi connectivity index (χ3n) is 7.41. The van der Waals surface area contributed by atoms with Crippen LogP contribution in [0.4, 0.5) is 0 Å². The lowest BCUT2D eigenvalue weighted by Gasteiger charge is -2.22. The molecular formula is C34H35N4O+. The third kappa shape index (κ3) is 4.36. The molecular weight excluding hydrogens is 480 g/mol. The van der Waals surface area contributed by atoms with Gasteiger partial charge in [-0.3, -0.25) is 0 Å². The molecule has 0 radical (unpaired) electrons. The predicted molar refractivity (Wildman–Crippen MR) is 159 cm³/mol. The first-order valence-electron chi connectivity index (χ1n) is 13.5. The molecule has 0 bridgehead atoms. The van der Waals surface area contributed by atoms with Gasteiger partial charge >= 0.3 is 0 Å². The summed E-state index contributed by atoms with van der Waals surface area (Å²) < 4.78 is 8.73. The Kier molecular flexibility index (Phi) is 5.62. The Hall–Kier alpha value is -4.12. The number of furan rings is 1. The molecule has 0 amide bonds. The Bertz CT molecular complexity index is 1870. The Morgan fingerprint density at radius 1 is 0.692 bits per heavy atom. The summed E-state index contributed by atoms with van der Waals surface area (Å²) in [7, 11) is 2.12. The largest absolute Gasteiger partial charge is 0.456 e. The minimum atomic E-state index is -0.187. The molecule has 0 saturated carbocycles. The SMILES string of the molecule is Cc1cc2c(cc1-c1ccc3ccccc3[n+]1C)oc1cc(-c3nc(C(C)(C)C)nc(C(C)(C)C)n3)ccc12. The van der Waals surface area contributed by atoms with E-state index in [9.17, 15) is 0 Å². The van der Waals surface area contributed by atoms with Crippen molar-refractivity contribution in [1.29, 1.82) is 0 Å². The number of aryl methyl sites for hydroxylation is 2. The van der Waals surface area contributed by atoms with Crippen molar-refractivity contribution in [3.05, 3.63) is 83.9 Å². The van der Waals surface area contributed by atoms with Gasteiger partial charge in [0.15, 0.2) is 5.82 Å². The average Bonchev–Trinajstić information content (AvgIpc) is 3.24. The van der Waals surface area contributed by atoms with Gasteiger partial charge in [-0.1, -0.05) is 59.7 Å². The fourth-order valence-corrected chi connectivity index (χ4v) is 5.14. The molecule has 0 unspecified atom stereocenters. The maximum atomic E-state index is 6.47. The maximum Gasteiger partial charge on any atom is 0.213 e. The molecule has 0 saturated heterocycles. The molecule has 0 N–H and O–H groups in total. The number of hydrogen-bond donors (Lipinski definition) is 0. The minimum Gasteiger partial charge on any atom is -0.456 e. The molecule has 0 fully saturated rings. The predicted octanol–water partition coefficient (Wildman–Crippen LogP) is 7.99. The monoisotopic (exact) mass is 515 g/mol. The molecule has 0 aliphatic carbocycles. The van der Waals surface area contributed by atoms with E-state index in [0.717, 1.165) is 50.4 Å². The first-order chi connectivity index (χ1) is 18.4. The van der Waals surface area contributed by atoms with Gasteiger partial charge in [0.25, 0.3) is 0 Å². The van der Waals surface area contributed by atoms with Gasteiger partial charge in [0.1, 0.15) is 29.9 Å². The third-order valence-corrected chi connectivity index (χ3v) is 7.41. The Morgan fingerprint density at radius 2 is 1.36 bits per heavy atom. The summed E-state index contributed by atoms with van der Waals surface area (Å²) in [6.45, 7) is 15.0. The number of nitrogens with zero attached hydrogens (tertiary/aromatic N) is 4. The van der Waals surface area contributed by atoms with Crippen LogP contribution in [0.5, 0.6) is 0 Å². The highest BCUT2D eigenvalue weighted by Gasteiger charge is 2.26. The van der Waals surface area contributed by atoms with Gasteiger partial charge in [-0.2, -0.15) is 4.57 Å². The molecule has 5 heteroatoms. The second-order valence-corrected chi connectivity index (χ2v) is 12.6. The highest BCUT2D eigenvalue weighted by Crippen LogP contribution is 2.36. The van der Waals surface area contributed by atoms with Crippen LogP contribution in [-0.2, 0) is 17.9 Å². The van der Waals surface area contributed by atoms with Crippen molar-refractivity contribution in [3.63, 3.8) is 0 Å². The van der Waals surface area contributed by atoms with E-state index < -0.39 is 0 Å². The number of para-hydroxylation sites is 1. The van der Waals surface area contributed by atoms with Crippen LogP contribution in [0.1, 0.15) is 58.8 Å². The van der Waals surface area contributed by atoms with Gasteiger partial charge < -0.3 is 4.42 Å². The molecule has 3 aromatic carbocycles. The molecule has 6 rings (SSSR count). The van der Waals surface area contributed by atoms with E-state index in [1.165, 1.54) is 16.5 Å². The highest BCUT2D eigenvalue weighted by atomic mass is 16.3. The molecule has 6 aromatic rings. The van der Waals surface area contributed by atoms with Crippen LogP contribution in [0.3, 0.4) is 0 Å². The van der Waals surface area contributed by atoms with E-state index in [4.69, 9.17) is 19.4 Å². The molecule has 3 aromatic heterocycles. The number of aromatic nitrogens is 4. The topological polar surface area (TPSA) is 55.7 Å². The second-order valence-electron chi connectivity index (χ2n) is 12.6. The fraction of sp³-hybridized carbons (Fsp3) is 0.294. The summed E-state index contributed by atoms with van der Waals surface area (Å²) in [5.74, 6) is 2.28. The van der Waals surface area contributed by atoms with Crippen molar-refractivity contribution in [1.82, 2.24) is 15.0 Å². The second kappa shape index (κ2) is 8.70. The average molecular weight is 516 g/mol. The number of pyridine rings is 1. The maximum absolute atomic E-state index is 6.47. The van der Waals surface area contributed by atoms with Gasteiger partial charge in [0.05, 0.1) is 5.56 Å². The molecule has 39 heavy (non-hydrogen) atoms. The lowest BCUT2D eigenvalue weighted by atomic mass is 9.93. The van der Waals surface area contributed by atoms with E-state index >= 15 is 0 Å². The molecule has 196 valence electrons. The Morgan fingerprint density at radius 3 is 2.05 bits per heavy atom. The van der Waals surface area contributed by atoms with E-state index in [1.807, 2.05) is 0 Å². The van der Waals surface area contributed by atoms with Crippen molar-refractivity contribution >= 4 is 32.8 Å². The van der Waals surface area contributed by atoms with Crippen LogP contribution in [0, 0.1) is 6.92 Å². The molecule has 0 aliphatic rings. The van der Waals surface area contributed by atoms with Gasteiger partial charge in [-0.15, -0.1) is 0 Å². The number of fused-ring (bicyclic) bond motifs is 4. The normalized spacial score (nSPS) is 12.6. The molecule has 0 aliphatic heterocycles. The zero-order valence-electron chi connectivity index (χ0n) is 24.0. The zero-order valence-corrected chi connectivity index (χ0v) is 24.0. The lowest BCUT2D eigenvalue weighted by molar-refractivity contribution is -0.633. The van der Waals surface area contributed by atoms with Crippen molar-refractivity contribution < 1.29 is 8.98 Å². The number of rotatable bonds is 2. The fourth-order valence-electron chi connectivity index (χ4n) is 5.14. The summed E-state index contributed by atoms with van der Waals surface area (Å²) in [6.07, 6.45) is 0. The summed E-state index contributed by atoms with van der Waals surface area (Å²) in [6, 6.07) is 23.5. The smallest absolute Gasteiger partial charge is 0.213 e. The Balaban J connectivity index is 1.50.